The van der Waals surface area contributed by atoms with E-state index in [2.05, 4.69) is 12.2 Å². The first kappa shape index (κ1) is 16.3. The number of halogens is 1. The summed E-state index contributed by atoms with van der Waals surface area (Å²) in [6.07, 6.45) is 3.57. The summed E-state index contributed by atoms with van der Waals surface area (Å²) >= 11 is 0. The van der Waals surface area contributed by atoms with E-state index in [4.69, 9.17) is 10.7 Å². The lowest BCUT2D eigenvalue weighted by Gasteiger charge is -2.11. The molecule has 6 heteroatoms. The Morgan fingerprint density at radius 2 is 1.95 bits per heavy atom. The summed E-state index contributed by atoms with van der Waals surface area (Å²) in [5.74, 6) is 1.38. The fourth-order valence-electron chi connectivity index (χ4n) is 2.27. The van der Waals surface area contributed by atoms with Gasteiger partial charge in [-0.1, -0.05) is 19.1 Å². The van der Waals surface area contributed by atoms with Crippen molar-refractivity contribution < 1.29 is 13.2 Å². The summed E-state index contributed by atoms with van der Waals surface area (Å²) in [6, 6.07) is 6.31. The zero-order valence-corrected chi connectivity index (χ0v) is 13.6. The predicted molar refractivity (Wildman–Crippen MR) is 82.7 cm³/mol. The van der Waals surface area contributed by atoms with E-state index in [0.717, 1.165) is 18.0 Å². The van der Waals surface area contributed by atoms with Crippen LogP contribution in [0, 0.1) is 11.8 Å². The number of carbonyl (C=O) groups is 1. The fraction of sp³-hybridized carbons (Fsp3) is 0.533. The number of rotatable bonds is 7. The van der Waals surface area contributed by atoms with Crippen LogP contribution in [0.5, 0.6) is 0 Å². The maximum absolute atomic E-state index is 11.8. The molecule has 0 saturated heterocycles. The molecule has 1 fully saturated rings. The Labute approximate surface area is 130 Å². The van der Waals surface area contributed by atoms with Gasteiger partial charge in [0.05, 0.1) is 4.90 Å². The van der Waals surface area contributed by atoms with Crippen LogP contribution in [0.25, 0.3) is 0 Å². The molecular formula is C15H20ClNO3S. The summed E-state index contributed by atoms with van der Waals surface area (Å²) in [5.41, 5.74) is 0.921. The molecule has 2 rings (SSSR count). The average molecular weight is 330 g/mol. The molecule has 1 unspecified atom stereocenters. The van der Waals surface area contributed by atoms with Crippen molar-refractivity contribution in [2.45, 2.75) is 37.5 Å². The molecule has 1 amide bonds. The molecule has 0 radical (unpaired) electrons. The molecule has 1 N–H and O–H groups in total. The molecule has 0 aromatic heterocycles. The maximum atomic E-state index is 11.8. The van der Waals surface area contributed by atoms with Crippen molar-refractivity contribution in [1.29, 1.82) is 0 Å². The quantitative estimate of drug-likeness (QED) is 0.782. The van der Waals surface area contributed by atoms with Gasteiger partial charge in [0.2, 0.25) is 5.91 Å². The van der Waals surface area contributed by atoms with Gasteiger partial charge in [-0.15, -0.1) is 0 Å². The number of benzene rings is 1. The Kier molecular flexibility index (Phi) is 5.27. The van der Waals surface area contributed by atoms with Gasteiger partial charge in [-0.3, -0.25) is 4.79 Å². The summed E-state index contributed by atoms with van der Waals surface area (Å²) < 4.78 is 22.2. The first-order valence-corrected chi connectivity index (χ1v) is 9.47. The van der Waals surface area contributed by atoms with E-state index in [1.165, 1.54) is 25.0 Å². The standard InChI is InChI=1S/C15H20ClNO3S/c1-11(13-5-6-13)10-17-15(18)9-4-12-2-7-14(8-3-12)21(16,19)20/h2-3,7-8,11,13H,4-6,9-10H2,1H3,(H,17,18). The normalized spacial score (nSPS) is 16.5. The van der Waals surface area contributed by atoms with E-state index in [-0.39, 0.29) is 10.8 Å². The Hall–Kier alpha value is -1.07. The molecule has 0 heterocycles. The Morgan fingerprint density at radius 3 is 2.48 bits per heavy atom. The van der Waals surface area contributed by atoms with Gasteiger partial charge in [0.15, 0.2) is 0 Å². The molecular weight excluding hydrogens is 310 g/mol. The van der Waals surface area contributed by atoms with Gasteiger partial charge < -0.3 is 5.32 Å². The number of carbonyl (C=O) groups excluding carboxylic acids is 1. The van der Waals surface area contributed by atoms with E-state index < -0.39 is 9.05 Å². The van der Waals surface area contributed by atoms with Crippen molar-refractivity contribution in [2.24, 2.45) is 11.8 Å². The highest BCUT2D eigenvalue weighted by Gasteiger charge is 2.27. The molecule has 1 aromatic rings. The van der Waals surface area contributed by atoms with Gasteiger partial charge in [0, 0.05) is 23.6 Å². The van der Waals surface area contributed by atoms with E-state index in [1.54, 1.807) is 12.1 Å². The van der Waals surface area contributed by atoms with Gasteiger partial charge >= 0.3 is 0 Å². The summed E-state index contributed by atoms with van der Waals surface area (Å²) in [7, 11) is 1.57. The largest absolute Gasteiger partial charge is 0.356 e. The smallest absolute Gasteiger partial charge is 0.261 e. The highest BCUT2D eigenvalue weighted by Crippen LogP contribution is 2.36. The van der Waals surface area contributed by atoms with Crippen LogP contribution in [0.1, 0.15) is 31.7 Å². The molecule has 1 saturated carbocycles. The van der Waals surface area contributed by atoms with E-state index >= 15 is 0 Å². The van der Waals surface area contributed by atoms with Crippen LogP contribution in [-0.2, 0) is 20.3 Å². The van der Waals surface area contributed by atoms with Gasteiger partial charge in [-0.25, -0.2) is 8.42 Å². The first-order valence-electron chi connectivity index (χ1n) is 7.16. The molecule has 0 aliphatic heterocycles. The molecule has 116 valence electrons. The zero-order valence-electron chi connectivity index (χ0n) is 12.0. The minimum absolute atomic E-state index is 0.0385. The van der Waals surface area contributed by atoms with E-state index in [1.807, 2.05) is 0 Å². The van der Waals surface area contributed by atoms with Gasteiger partial charge in [0.1, 0.15) is 0 Å². The molecule has 0 bridgehead atoms. The van der Waals surface area contributed by atoms with E-state index in [0.29, 0.717) is 18.8 Å². The van der Waals surface area contributed by atoms with Crippen molar-refractivity contribution >= 4 is 25.6 Å². The Morgan fingerprint density at radius 1 is 1.33 bits per heavy atom. The van der Waals surface area contributed by atoms with Crippen LogP contribution < -0.4 is 5.32 Å². The highest BCUT2D eigenvalue weighted by atomic mass is 35.7. The van der Waals surface area contributed by atoms with Crippen LogP contribution >= 0.6 is 10.7 Å². The molecule has 1 atom stereocenters. The molecule has 21 heavy (non-hydrogen) atoms. The average Bonchev–Trinajstić information content (AvgIpc) is 3.26. The monoisotopic (exact) mass is 329 g/mol. The van der Waals surface area contributed by atoms with Crippen molar-refractivity contribution in [3.05, 3.63) is 29.8 Å². The molecule has 4 nitrogen and oxygen atoms in total. The van der Waals surface area contributed by atoms with Crippen LogP contribution in [-0.4, -0.2) is 20.9 Å². The second-order valence-electron chi connectivity index (χ2n) is 5.70. The van der Waals surface area contributed by atoms with Crippen molar-refractivity contribution in [1.82, 2.24) is 5.32 Å². The predicted octanol–water partition coefficient (Wildman–Crippen LogP) is 2.71. The third-order valence-corrected chi connectivity index (χ3v) is 5.26. The minimum Gasteiger partial charge on any atom is -0.356 e. The van der Waals surface area contributed by atoms with Crippen molar-refractivity contribution in [3.8, 4) is 0 Å². The lowest BCUT2D eigenvalue weighted by atomic mass is 10.1. The summed E-state index contributed by atoms with van der Waals surface area (Å²) in [4.78, 5) is 11.8. The van der Waals surface area contributed by atoms with Crippen LogP contribution in [0.2, 0.25) is 0 Å². The second-order valence-corrected chi connectivity index (χ2v) is 8.27. The number of hydrogen-bond acceptors (Lipinski definition) is 3. The van der Waals surface area contributed by atoms with Gasteiger partial charge in [-0.2, -0.15) is 0 Å². The second kappa shape index (κ2) is 6.79. The minimum atomic E-state index is -3.68. The zero-order chi connectivity index (χ0) is 15.5. The van der Waals surface area contributed by atoms with Crippen LogP contribution in [0.4, 0.5) is 0 Å². The molecule has 1 aliphatic rings. The SMILES string of the molecule is CC(CNC(=O)CCc1ccc(S(=O)(=O)Cl)cc1)C1CC1. The fourth-order valence-corrected chi connectivity index (χ4v) is 3.04. The lowest BCUT2D eigenvalue weighted by Crippen LogP contribution is -2.29. The van der Waals surface area contributed by atoms with E-state index in [9.17, 15) is 13.2 Å². The number of amides is 1. The highest BCUT2D eigenvalue weighted by molar-refractivity contribution is 8.13. The Balaban J connectivity index is 1.75. The Bertz CT molecular complexity index is 594. The third kappa shape index (κ3) is 5.32. The van der Waals surface area contributed by atoms with Crippen molar-refractivity contribution in [2.75, 3.05) is 6.54 Å². The molecule has 0 spiro atoms. The van der Waals surface area contributed by atoms with Gasteiger partial charge in [0.25, 0.3) is 9.05 Å². The lowest BCUT2D eigenvalue weighted by molar-refractivity contribution is -0.121. The van der Waals surface area contributed by atoms with Gasteiger partial charge in [-0.05, 0) is 48.8 Å². The van der Waals surface area contributed by atoms with Crippen LogP contribution in [0.3, 0.4) is 0 Å². The first-order chi connectivity index (χ1) is 9.86. The number of nitrogens with one attached hydrogen (secondary N) is 1. The number of hydrogen-bond donors (Lipinski definition) is 1. The van der Waals surface area contributed by atoms with Crippen molar-refractivity contribution in [3.63, 3.8) is 0 Å². The maximum Gasteiger partial charge on any atom is 0.261 e. The molecule has 1 aliphatic carbocycles. The molecule has 1 aromatic carbocycles. The number of aryl methyl sites for hydroxylation is 1. The third-order valence-electron chi connectivity index (χ3n) is 3.89. The summed E-state index contributed by atoms with van der Waals surface area (Å²) in [6.45, 7) is 2.91. The summed E-state index contributed by atoms with van der Waals surface area (Å²) in [5, 5.41) is 2.95. The van der Waals surface area contributed by atoms with Crippen LogP contribution in [0.15, 0.2) is 29.2 Å². The topological polar surface area (TPSA) is 63.2 Å².